The van der Waals surface area contributed by atoms with Crippen molar-refractivity contribution >= 4 is 17.4 Å². The van der Waals surface area contributed by atoms with Crippen molar-refractivity contribution in [3.8, 4) is 0 Å². The average Bonchev–Trinajstić information content (AvgIpc) is 2.73. The predicted octanol–water partition coefficient (Wildman–Crippen LogP) is 0.347. The van der Waals surface area contributed by atoms with Crippen LogP contribution in [0.3, 0.4) is 0 Å². The molecule has 0 aromatic carbocycles. The molecule has 0 amide bonds. The lowest BCUT2D eigenvalue weighted by Gasteiger charge is -2.04. The first-order chi connectivity index (χ1) is 7.83. The highest BCUT2D eigenvalue weighted by molar-refractivity contribution is 7.08. The van der Waals surface area contributed by atoms with Crippen molar-refractivity contribution in [1.29, 1.82) is 0 Å². The topological polar surface area (TPSA) is 85.4 Å². The van der Waals surface area contributed by atoms with Crippen molar-refractivity contribution < 1.29 is 4.74 Å². The monoisotopic (exact) mass is 243 g/mol. The molecule has 6 nitrogen and oxygen atoms in total. The quantitative estimate of drug-likeness (QED) is 0.247. The number of aliphatic imine (C=N–C) groups is 1. The summed E-state index contributed by atoms with van der Waals surface area (Å²) in [5.41, 5.74) is 3.53. The van der Waals surface area contributed by atoms with E-state index >= 15 is 0 Å². The van der Waals surface area contributed by atoms with Crippen LogP contribution >= 0.6 is 11.5 Å². The first-order valence-electron chi connectivity index (χ1n) is 5.15. The third kappa shape index (κ3) is 3.51. The van der Waals surface area contributed by atoms with Crippen LogP contribution < -0.4 is 11.3 Å². The van der Waals surface area contributed by atoms with E-state index in [0.29, 0.717) is 19.0 Å². The minimum atomic E-state index is 0.569. The molecule has 0 bridgehead atoms. The van der Waals surface area contributed by atoms with Crippen LogP contribution in [-0.2, 0) is 11.2 Å². The van der Waals surface area contributed by atoms with Gasteiger partial charge in [0.25, 0.3) is 0 Å². The summed E-state index contributed by atoms with van der Waals surface area (Å²) < 4.78 is 8.85. The summed E-state index contributed by atoms with van der Waals surface area (Å²) in [5, 5.41) is 4.06. The van der Waals surface area contributed by atoms with E-state index < -0.39 is 0 Å². The summed E-state index contributed by atoms with van der Waals surface area (Å²) >= 11 is 1.31. The van der Waals surface area contributed by atoms with Crippen molar-refractivity contribution in [2.45, 2.75) is 19.8 Å². The number of rotatable bonds is 6. The zero-order chi connectivity index (χ0) is 11.8. The molecule has 1 aromatic rings. The average molecular weight is 243 g/mol. The standard InChI is InChI=1S/C9H17N5OS/c1-3-4-7-8(16-14-13-7)9(12-10)11-5-6-15-2/h3-6,10H2,1-2H3,(H,11,12). The van der Waals surface area contributed by atoms with Crippen molar-refractivity contribution in [1.82, 2.24) is 15.0 Å². The van der Waals surface area contributed by atoms with Gasteiger partial charge in [-0.1, -0.05) is 17.8 Å². The lowest BCUT2D eigenvalue weighted by molar-refractivity contribution is 0.208. The van der Waals surface area contributed by atoms with Crippen LogP contribution in [-0.4, -0.2) is 35.7 Å². The highest BCUT2D eigenvalue weighted by Crippen LogP contribution is 2.12. The van der Waals surface area contributed by atoms with Gasteiger partial charge in [0.05, 0.1) is 18.8 Å². The van der Waals surface area contributed by atoms with Gasteiger partial charge in [-0.3, -0.25) is 4.99 Å². The SMILES string of the molecule is CCCc1nnsc1C(=NCCOC)NN. The Bertz CT molecular complexity index is 338. The summed E-state index contributed by atoms with van der Waals surface area (Å²) in [4.78, 5) is 5.22. The molecule has 1 rings (SSSR count). The molecular formula is C9H17N5OS. The number of nitrogens with two attached hydrogens (primary N) is 1. The molecule has 1 aromatic heterocycles. The molecule has 0 unspecified atom stereocenters. The number of nitrogens with zero attached hydrogens (tertiary/aromatic N) is 3. The van der Waals surface area contributed by atoms with Crippen LogP contribution in [0, 0.1) is 0 Å². The maximum Gasteiger partial charge on any atom is 0.156 e. The maximum absolute atomic E-state index is 5.44. The summed E-state index contributed by atoms with van der Waals surface area (Å²) in [6, 6.07) is 0. The normalized spacial score (nSPS) is 11.8. The molecule has 0 saturated carbocycles. The van der Waals surface area contributed by atoms with Gasteiger partial charge in [-0.2, -0.15) is 0 Å². The Labute approximate surface area is 99.0 Å². The zero-order valence-corrected chi connectivity index (χ0v) is 10.4. The van der Waals surface area contributed by atoms with Crippen LogP contribution in [0.15, 0.2) is 4.99 Å². The molecule has 0 aliphatic heterocycles. The third-order valence-electron chi connectivity index (χ3n) is 1.96. The molecule has 0 spiro atoms. The van der Waals surface area contributed by atoms with E-state index in [4.69, 9.17) is 10.6 Å². The molecule has 0 aliphatic carbocycles. The maximum atomic E-state index is 5.44. The zero-order valence-electron chi connectivity index (χ0n) is 9.56. The first-order valence-corrected chi connectivity index (χ1v) is 5.92. The smallest absolute Gasteiger partial charge is 0.156 e. The largest absolute Gasteiger partial charge is 0.383 e. The Morgan fingerprint density at radius 1 is 1.62 bits per heavy atom. The fraction of sp³-hybridized carbons (Fsp3) is 0.667. The number of aryl methyl sites for hydroxylation is 1. The third-order valence-corrected chi connectivity index (χ3v) is 2.73. The molecule has 0 atom stereocenters. The first kappa shape index (κ1) is 13.0. The van der Waals surface area contributed by atoms with E-state index in [-0.39, 0.29) is 0 Å². The summed E-state index contributed by atoms with van der Waals surface area (Å²) in [7, 11) is 1.64. The minimum Gasteiger partial charge on any atom is -0.383 e. The van der Waals surface area contributed by atoms with Gasteiger partial charge in [-0.05, 0) is 18.0 Å². The van der Waals surface area contributed by atoms with E-state index in [0.717, 1.165) is 23.4 Å². The number of nitrogens with one attached hydrogen (secondary N) is 1. The Balaban J connectivity index is 2.77. The fourth-order valence-electron chi connectivity index (χ4n) is 1.22. The lowest BCUT2D eigenvalue weighted by Crippen LogP contribution is -2.31. The number of methoxy groups -OCH3 is 1. The fourth-order valence-corrected chi connectivity index (χ4v) is 1.90. The molecule has 0 fully saturated rings. The highest BCUT2D eigenvalue weighted by Gasteiger charge is 2.12. The van der Waals surface area contributed by atoms with Crippen LogP contribution in [0.2, 0.25) is 0 Å². The van der Waals surface area contributed by atoms with Gasteiger partial charge in [0.15, 0.2) is 5.84 Å². The molecule has 7 heteroatoms. The van der Waals surface area contributed by atoms with Gasteiger partial charge in [0.2, 0.25) is 0 Å². The number of amidine groups is 1. The van der Waals surface area contributed by atoms with Gasteiger partial charge >= 0.3 is 0 Å². The van der Waals surface area contributed by atoms with Gasteiger partial charge < -0.3 is 10.2 Å². The summed E-state index contributed by atoms with van der Waals surface area (Å²) in [6.45, 7) is 3.24. The molecule has 0 aliphatic rings. The molecular weight excluding hydrogens is 226 g/mol. The Morgan fingerprint density at radius 3 is 3.06 bits per heavy atom. The second kappa shape index (κ2) is 7.26. The van der Waals surface area contributed by atoms with Gasteiger partial charge in [-0.15, -0.1) is 5.10 Å². The van der Waals surface area contributed by atoms with E-state index in [1.165, 1.54) is 11.5 Å². The van der Waals surface area contributed by atoms with E-state index in [2.05, 4.69) is 26.9 Å². The van der Waals surface area contributed by atoms with Crippen LogP contribution in [0.4, 0.5) is 0 Å². The Morgan fingerprint density at radius 2 is 2.44 bits per heavy atom. The van der Waals surface area contributed by atoms with Crippen LogP contribution in [0.5, 0.6) is 0 Å². The summed E-state index contributed by atoms with van der Waals surface area (Å²) in [5.74, 6) is 6.08. The second-order valence-corrected chi connectivity index (χ2v) is 3.92. The van der Waals surface area contributed by atoms with Crippen molar-refractivity contribution in [3.63, 3.8) is 0 Å². The molecule has 1 heterocycles. The highest BCUT2D eigenvalue weighted by atomic mass is 32.1. The number of hydrogen-bond donors (Lipinski definition) is 2. The number of ether oxygens (including phenoxy) is 1. The van der Waals surface area contributed by atoms with Crippen molar-refractivity contribution in [2.24, 2.45) is 10.8 Å². The lowest BCUT2D eigenvalue weighted by atomic mass is 10.2. The van der Waals surface area contributed by atoms with Crippen LogP contribution in [0.25, 0.3) is 0 Å². The van der Waals surface area contributed by atoms with E-state index in [9.17, 15) is 0 Å². The predicted molar refractivity (Wildman–Crippen MR) is 64.5 cm³/mol. The molecule has 0 saturated heterocycles. The van der Waals surface area contributed by atoms with Crippen LogP contribution in [0.1, 0.15) is 23.9 Å². The van der Waals surface area contributed by atoms with Crippen molar-refractivity contribution in [2.75, 3.05) is 20.3 Å². The number of hydrazine groups is 1. The van der Waals surface area contributed by atoms with Gasteiger partial charge in [0, 0.05) is 7.11 Å². The number of aromatic nitrogens is 2. The van der Waals surface area contributed by atoms with Crippen molar-refractivity contribution in [3.05, 3.63) is 10.6 Å². The van der Waals surface area contributed by atoms with E-state index in [1.54, 1.807) is 7.11 Å². The van der Waals surface area contributed by atoms with Gasteiger partial charge in [0.1, 0.15) is 4.88 Å². The minimum absolute atomic E-state index is 0.569. The summed E-state index contributed by atoms with van der Waals surface area (Å²) in [6.07, 6.45) is 1.91. The molecule has 0 radical (unpaired) electrons. The number of hydrogen-bond acceptors (Lipinski definition) is 6. The molecule has 16 heavy (non-hydrogen) atoms. The molecule has 90 valence electrons. The molecule has 3 N–H and O–H groups in total. The Hall–Kier alpha value is -1.05. The van der Waals surface area contributed by atoms with E-state index in [1.807, 2.05) is 0 Å². The second-order valence-electron chi connectivity index (χ2n) is 3.17. The Kier molecular flexibility index (Phi) is 5.91. The van der Waals surface area contributed by atoms with Gasteiger partial charge in [-0.25, -0.2) is 5.84 Å².